The Kier molecular flexibility index (Phi) is 4.04. The van der Waals surface area contributed by atoms with Crippen molar-refractivity contribution in [1.82, 2.24) is 5.32 Å². The summed E-state index contributed by atoms with van der Waals surface area (Å²) in [5, 5.41) is 3.57. The number of carbonyl (C=O) groups excluding carboxylic acids is 1. The van der Waals surface area contributed by atoms with Gasteiger partial charge in [0.25, 0.3) is 5.91 Å². The topological polar surface area (TPSA) is 32.3 Å². The summed E-state index contributed by atoms with van der Waals surface area (Å²) in [4.78, 5) is 14.4. The van der Waals surface area contributed by atoms with Gasteiger partial charge in [0, 0.05) is 0 Å². The summed E-state index contributed by atoms with van der Waals surface area (Å²) >= 11 is 5.37. The van der Waals surface area contributed by atoms with Crippen molar-refractivity contribution in [2.24, 2.45) is 0 Å². The van der Waals surface area contributed by atoms with Gasteiger partial charge in [0.1, 0.15) is 6.04 Å². The van der Waals surface area contributed by atoms with Gasteiger partial charge in [0.2, 0.25) is 0 Å². The van der Waals surface area contributed by atoms with Gasteiger partial charge < -0.3 is 5.32 Å². The molecular formula is C21H16N2OS. The molecule has 0 aliphatic carbocycles. The first-order chi connectivity index (χ1) is 12.2. The van der Waals surface area contributed by atoms with Crippen LogP contribution in [0.5, 0.6) is 0 Å². The minimum atomic E-state index is -0.447. The van der Waals surface area contributed by atoms with E-state index in [0.717, 1.165) is 22.4 Å². The third-order valence-electron chi connectivity index (χ3n) is 4.30. The number of hydrogen-bond donors (Lipinski definition) is 1. The first-order valence-electron chi connectivity index (χ1n) is 8.09. The second-order valence-electron chi connectivity index (χ2n) is 5.88. The van der Waals surface area contributed by atoms with E-state index in [1.165, 1.54) is 0 Å². The molecule has 3 aromatic carbocycles. The van der Waals surface area contributed by atoms with E-state index in [9.17, 15) is 4.79 Å². The lowest BCUT2D eigenvalue weighted by molar-refractivity contribution is -0.118. The van der Waals surface area contributed by atoms with E-state index >= 15 is 0 Å². The highest BCUT2D eigenvalue weighted by atomic mass is 32.1. The Bertz CT molecular complexity index is 908. The molecule has 1 amide bonds. The van der Waals surface area contributed by atoms with Gasteiger partial charge >= 0.3 is 0 Å². The SMILES string of the molecule is O=C1[C@@H](c2ccc(-c3ccccc3)cc2)NC(=S)N1c1ccccc1. The second kappa shape index (κ2) is 6.49. The zero-order valence-electron chi connectivity index (χ0n) is 13.4. The Morgan fingerprint density at radius 1 is 0.760 bits per heavy atom. The Hall–Kier alpha value is -2.98. The lowest BCUT2D eigenvalue weighted by atomic mass is 10.0. The first-order valence-corrected chi connectivity index (χ1v) is 8.50. The van der Waals surface area contributed by atoms with Crippen LogP contribution in [0.2, 0.25) is 0 Å². The molecule has 122 valence electrons. The highest BCUT2D eigenvalue weighted by molar-refractivity contribution is 7.80. The maximum absolute atomic E-state index is 12.8. The third kappa shape index (κ3) is 2.92. The van der Waals surface area contributed by atoms with Gasteiger partial charge in [-0.05, 0) is 41.0 Å². The molecule has 4 heteroatoms. The Morgan fingerprint density at radius 3 is 1.96 bits per heavy atom. The van der Waals surface area contributed by atoms with Gasteiger partial charge in [-0.25, -0.2) is 0 Å². The van der Waals surface area contributed by atoms with Crippen LogP contribution in [0, 0.1) is 0 Å². The molecule has 4 rings (SSSR count). The fraction of sp³-hybridized carbons (Fsp3) is 0.0476. The number of amides is 1. The monoisotopic (exact) mass is 344 g/mol. The van der Waals surface area contributed by atoms with Crippen LogP contribution in [0.1, 0.15) is 11.6 Å². The summed E-state index contributed by atoms with van der Waals surface area (Å²) in [5.41, 5.74) is 3.97. The number of thiocarbonyl (C=S) groups is 1. The van der Waals surface area contributed by atoms with Crippen molar-refractivity contribution in [3.63, 3.8) is 0 Å². The van der Waals surface area contributed by atoms with Crippen molar-refractivity contribution < 1.29 is 4.79 Å². The summed E-state index contributed by atoms with van der Waals surface area (Å²) in [5.74, 6) is -0.0522. The van der Waals surface area contributed by atoms with Crippen LogP contribution in [0.25, 0.3) is 11.1 Å². The predicted molar refractivity (Wildman–Crippen MR) is 104 cm³/mol. The molecule has 0 aromatic heterocycles. The van der Waals surface area contributed by atoms with Crippen LogP contribution in [-0.4, -0.2) is 11.0 Å². The number of carbonyl (C=O) groups is 1. The lowest BCUT2D eigenvalue weighted by Crippen LogP contribution is -2.30. The summed E-state index contributed by atoms with van der Waals surface area (Å²) in [6.07, 6.45) is 0. The molecular weight excluding hydrogens is 328 g/mol. The van der Waals surface area contributed by atoms with E-state index in [-0.39, 0.29) is 5.91 Å². The van der Waals surface area contributed by atoms with Crippen LogP contribution in [0.4, 0.5) is 5.69 Å². The van der Waals surface area contributed by atoms with Crippen LogP contribution in [0.15, 0.2) is 84.9 Å². The number of nitrogens with one attached hydrogen (secondary N) is 1. The van der Waals surface area contributed by atoms with Gasteiger partial charge in [-0.1, -0.05) is 72.8 Å². The Balaban J connectivity index is 1.60. The highest BCUT2D eigenvalue weighted by Crippen LogP contribution is 2.28. The van der Waals surface area contributed by atoms with E-state index in [4.69, 9.17) is 12.2 Å². The van der Waals surface area contributed by atoms with Crippen molar-refractivity contribution >= 4 is 28.9 Å². The maximum Gasteiger partial charge on any atom is 0.260 e. The molecule has 1 atom stereocenters. The minimum Gasteiger partial charge on any atom is -0.346 e. The van der Waals surface area contributed by atoms with E-state index in [0.29, 0.717) is 5.11 Å². The summed E-state index contributed by atoms with van der Waals surface area (Å²) < 4.78 is 0. The molecule has 0 unspecified atom stereocenters. The average molecular weight is 344 g/mol. The number of para-hydroxylation sites is 1. The zero-order valence-corrected chi connectivity index (χ0v) is 14.2. The highest BCUT2D eigenvalue weighted by Gasteiger charge is 2.37. The van der Waals surface area contributed by atoms with E-state index in [1.54, 1.807) is 4.90 Å². The molecule has 3 aromatic rings. The van der Waals surface area contributed by atoms with Crippen molar-refractivity contribution in [1.29, 1.82) is 0 Å². The molecule has 1 aliphatic rings. The summed E-state index contributed by atoms with van der Waals surface area (Å²) in [6.45, 7) is 0. The number of nitrogens with zero attached hydrogens (tertiary/aromatic N) is 1. The smallest absolute Gasteiger partial charge is 0.260 e. The molecule has 3 nitrogen and oxygen atoms in total. The van der Waals surface area contributed by atoms with Crippen LogP contribution < -0.4 is 10.2 Å². The molecule has 1 fully saturated rings. The van der Waals surface area contributed by atoms with E-state index < -0.39 is 6.04 Å². The molecule has 1 heterocycles. The number of anilines is 1. The van der Waals surface area contributed by atoms with Gasteiger partial charge in [0.05, 0.1) is 5.69 Å². The summed E-state index contributed by atoms with van der Waals surface area (Å²) in [6, 6.07) is 27.2. The van der Waals surface area contributed by atoms with Crippen LogP contribution >= 0.6 is 12.2 Å². The minimum absolute atomic E-state index is 0.0522. The average Bonchev–Trinajstić information content (AvgIpc) is 2.97. The molecule has 1 aliphatic heterocycles. The Morgan fingerprint density at radius 2 is 1.32 bits per heavy atom. The van der Waals surface area contributed by atoms with Gasteiger partial charge in [-0.15, -0.1) is 0 Å². The molecule has 0 bridgehead atoms. The van der Waals surface area contributed by atoms with Gasteiger partial charge in [-0.3, -0.25) is 9.69 Å². The van der Waals surface area contributed by atoms with Gasteiger partial charge in [0.15, 0.2) is 5.11 Å². The molecule has 0 spiro atoms. The quantitative estimate of drug-likeness (QED) is 0.718. The van der Waals surface area contributed by atoms with Crippen LogP contribution in [-0.2, 0) is 4.79 Å². The van der Waals surface area contributed by atoms with Crippen molar-refractivity contribution in [2.45, 2.75) is 6.04 Å². The largest absolute Gasteiger partial charge is 0.346 e. The third-order valence-corrected chi connectivity index (χ3v) is 4.60. The zero-order chi connectivity index (χ0) is 17.2. The molecule has 25 heavy (non-hydrogen) atoms. The number of benzene rings is 3. The van der Waals surface area contributed by atoms with E-state index in [1.807, 2.05) is 72.8 Å². The van der Waals surface area contributed by atoms with Crippen molar-refractivity contribution in [3.05, 3.63) is 90.5 Å². The molecule has 0 saturated carbocycles. The van der Waals surface area contributed by atoms with Crippen molar-refractivity contribution in [2.75, 3.05) is 4.90 Å². The second-order valence-corrected chi connectivity index (χ2v) is 6.27. The fourth-order valence-electron chi connectivity index (χ4n) is 3.03. The first kappa shape index (κ1) is 15.5. The maximum atomic E-state index is 12.8. The normalized spacial score (nSPS) is 16.8. The molecule has 0 radical (unpaired) electrons. The Labute approximate surface area is 151 Å². The standard InChI is InChI=1S/C21H16N2OS/c24-20-19(22-21(25)23(20)18-9-5-2-6-10-18)17-13-11-16(12-14-17)15-7-3-1-4-8-15/h1-14,19H,(H,22,25)/t19-/m1/s1. The molecule has 1 saturated heterocycles. The fourth-order valence-corrected chi connectivity index (χ4v) is 3.34. The summed E-state index contributed by atoms with van der Waals surface area (Å²) in [7, 11) is 0. The number of hydrogen-bond acceptors (Lipinski definition) is 2. The molecule has 1 N–H and O–H groups in total. The predicted octanol–water partition coefficient (Wildman–Crippen LogP) is 4.32. The van der Waals surface area contributed by atoms with Crippen LogP contribution in [0.3, 0.4) is 0 Å². The lowest BCUT2D eigenvalue weighted by Gasteiger charge is -2.14. The van der Waals surface area contributed by atoms with E-state index in [2.05, 4.69) is 17.4 Å². The number of rotatable bonds is 3. The van der Waals surface area contributed by atoms with Crippen molar-refractivity contribution in [3.8, 4) is 11.1 Å². The van der Waals surface area contributed by atoms with Gasteiger partial charge in [-0.2, -0.15) is 0 Å².